The van der Waals surface area contributed by atoms with E-state index in [2.05, 4.69) is 42.7 Å². The molecule has 0 N–H and O–H groups in total. The molecule has 14 heavy (non-hydrogen) atoms. The Morgan fingerprint density at radius 3 is 3.00 bits per heavy atom. The summed E-state index contributed by atoms with van der Waals surface area (Å²) >= 11 is 0. The highest BCUT2D eigenvalue weighted by atomic mass is 15.2. The number of hydrogen-bond donors (Lipinski definition) is 0. The second-order valence-corrected chi connectivity index (χ2v) is 5.17. The SMILES string of the molecule is CN1[C@@H]2CC[C@@]1(C)Cc1c2ccn1C. The van der Waals surface area contributed by atoms with Gasteiger partial charge in [0.15, 0.2) is 0 Å². The van der Waals surface area contributed by atoms with Crippen LogP contribution in [0.2, 0.25) is 0 Å². The van der Waals surface area contributed by atoms with E-state index < -0.39 is 0 Å². The fourth-order valence-corrected chi connectivity index (χ4v) is 3.24. The third-order valence-electron chi connectivity index (χ3n) is 4.42. The lowest BCUT2D eigenvalue weighted by Gasteiger charge is -2.40. The summed E-state index contributed by atoms with van der Waals surface area (Å²) in [5, 5.41) is 0. The molecule has 1 fully saturated rings. The topological polar surface area (TPSA) is 8.17 Å². The fraction of sp³-hybridized carbons (Fsp3) is 0.667. The Labute approximate surface area is 85.5 Å². The van der Waals surface area contributed by atoms with Crippen LogP contribution in [-0.4, -0.2) is 22.1 Å². The molecular formula is C12H18N2. The van der Waals surface area contributed by atoms with Crippen molar-refractivity contribution in [1.29, 1.82) is 0 Å². The lowest BCUT2D eigenvalue weighted by atomic mass is 9.90. The molecule has 0 unspecified atom stereocenters. The molecule has 3 rings (SSSR count). The molecule has 2 aliphatic heterocycles. The largest absolute Gasteiger partial charge is 0.354 e. The monoisotopic (exact) mass is 190 g/mol. The van der Waals surface area contributed by atoms with Crippen molar-refractivity contribution in [3.8, 4) is 0 Å². The van der Waals surface area contributed by atoms with Gasteiger partial charge < -0.3 is 4.57 Å². The molecule has 3 heterocycles. The summed E-state index contributed by atoms with van der Waals surface area (Å²) in [6, 6.07) is 2.99. The summed E-state index contributed by atoms with van der Waals surface area (Å²) in [5.74, 6) is 0. The highest BCUT2D eigenvalue weighted by molar-refractivity contribution is 5.33. The van der Waals surface area contributed by atoms with Crippen LogP contribution in [0.1, 0.15) is 37.1 Å². The van der Waals surface area contributed by atoms with E-state index >= 15 is 0 Å². The highest BCUT2D eigenvalue weighted by Crippen LogP contribution is 2.48. The van der Waals surface area contributed by atoms with Crippen LogP contribution in [0.5, 0.6) is 0 Å². The van der Waals surface area contributed by atoms with Crippen molar-refractivity contribution in [3.05, 3.63) is 23.5 Å². The van der Waals surface area contributed by atoms with Gasteiger partial charge in [0.25, 0.3) is 0 Å². The maximum atomic E-state index is 2.58. The van der Waals surface area contributed by atoms with E-state index in [1.165, 1.54) is 19.3 Å². The van der Waals surface area contributed by atoms with E-state index in [9.17, 15) is 0 Å². The minimum absolute atomic E-state index is 0.420. The second-order valence-electron chi connectivity index (χ2n) is 5.17. The summed E-state index contributed by atoms with van der Waals surface area (Å²) < 4.78 is 2.30. The van der Waals surface area contributed by atoms with Gasteiger partial charge in [0, 0.05) is 36.9 Å². The van der Waals surface area contributed by atoms with Crippen LogP contribution in [-0.2, 0) is 13.5 Å². The normalized spacial score (nSPS) is 36.1. The molecule has 76 valence electrons. The first-order valence-corrected chi connectivity index (χ1v) is 5.49. The fourth-order valence-electron chi connectivity index (χ4n) is 3.24. The summed E-state index contributed by atoms with van der Waals surface area (Å²) in [6.45, 7) is 2.41. The minimum Gasteiger partial charge on any atom is -0.354 e. The average molecular weight is 190 g/mol. The van der Waals surface area contributed by atoms with E-state index in [0.717, 1.165) is 0 Å². The minimum atomic E-state index is 0.420. The first-order chi connectivity index (χ1) is 6.62. The summed E-state index contributed by atoms with van der Waals surface area (Å²) in [5.41, 5.74) is 3.56. The van der Waals surface area contributed by atoms with Crippen molar-refractivity contribution in [2.24, 2.45) is 7.05 Å². The molecule has 1 aromatic rings. The van der Waals surface area contributed by atoms with Crippen LogP contribution in [0.15, 0.2) is 12.3 Å². The van der Waals surface area contributed by atoms with E-state index in [0.29, 0.717) is 11.6 Å². The van der Waals surface area contributed by atoms with Crippen LogP contribution in [0.4, 0.5) is 0 Å². The number of hydrogen-bond acceptors (Lipinski definition) is 1. The van der Waals surface area contributed by atoms with Crippen molar-refractivity contribution in [3.63, 3.8) is 0 Å². The van der Waals surface area contributed by atoms with Gasteiger partial charge in [-0.05, 0) is 38.4 Å². The molecular weight excluding hydrogens is 172 g/mol. The average Bonchev–Trinajstić information content (AvgIpc) is 2.58. The smallest absolute Gasteiger partial charge is 0.0369 e. The number of aromatic nitrogens is 1. The van der Waals surface area contributed by atoms with Gasteiger partial charge in [0.05, 0.1) is 0 Å². The van der Waals surface area contributed by atoms with Gasteiger partial charge in [-0.25, -0.2) is 0 Å². The molecule has 0 spiro atoms. The maximum Gasteiger partial charge on any atom is 0.0369 e. The first-order valence-electron chi connectivity index (χ1n) is 5.49. The van der Waals surface area contributed by atoms with Crippen molar-refractivity contribution in [1.82, 2.24) is 9.47 Å². The maximum absolute atomic E-state index is 2.58. The van der Waals surface area contributed by atoms with Crippen LogP contribution in [0.25, 0.3) is 0 Å². The van der Waals surface area contributed by atoms with Crippen molar-refractivity contribution in [2.45, 2.75) is 37.8 Å². The number of nitrogens with zero attached hydrogens (tertiary/aromatic N) is 2. The zero-order valence-corrected chi connectivity index (χ0v) is 9.25. The zero-order chi connectivity index (χ0) is 9.92. The molecule has 1 saturated heterocycles. The molecule has 2 atom stereocenters. The molecule has 0 amide bonds. The quantitative estimate of drug-likeness (QED) is 0.608. The Bertz CT molecular complexity index is 380. The summed E-state index contributed by atoms with van der Waals surface area (Å²) in [6.07, 6.45) is 6.12. The van der Waals surface area contributed by atoms with E-state index in [4.69, 9.17) is 0 Å². The van der Waals surface area contributed by atoms with Gasteiger partial charge in [-0.2, -0.15) is 0 Å². The van der Waals surface area contributed by atoms with Gasteiger partial charge in [0.1, 0.15) is 0 Å². The van der Waals surface area contributed by atoms with E-state index in [1.54, 1.807) is 11.3 Å². The number of likely N-dealkylation sites (N-methyl/N-ethyl adjacent to an activating group) is 1. The van der Waals surface area contributed by atoms with Crippen LogP contribution < -0.4 is 0 Å². The second kappa shape index (κ2) is 2.43. The van der Waals surface area contributed by atoms with Crippen molar-refractivity contribution >= 4 is 0 Å². The molecule has 0 aromatic carbocycles. The Morgan fingerprint density at radius 2 is 2.21 bits per heavy atom. The number of aryl methyl sites for hydroxylation is 1. The van der Waals surface area contributed by atoms with Crippen LogP contribution >= 0.6 is 0 Å². The van der Waals surface area contributed by atoms with Gasteiger partial charge in [-0.1, -0.05) is 0 Å². The molecule has 2 bridgehead atoms. The zero-order valence-electron chi connectivity index (χ0n) is 9.25. The highest BCUT2D eigenvalue weighted by Gasteiger charge is 2.46. The third kappa shape index (κ3) is 0.850. The van der Waals surface area contributed by atoms with Crippen molar-refractivity contribution < 1.29 is 0 Å². The summed E-state index contributed by atoms with van der Waals surface area (Å²) in [4.78, 5) is 2.58. The number of rotatable bonds is 0. The van der Waals surface area contributed by atoms with Crippen LogP contribution in [0.3, 0.4) is 0 Å². The summed E-state index contributed by atoms with van der Waals surface area (Å²) in [7, 11) is 4.46. The van der Waals surface area contributed by atoms with Gasteiger partial charge >= 0.3 is 0 Å². The lowest BCUT2D eigenvalue weighted by molar-refractivity contribution is 0.133. The predicted octanol–water partition coefficient (Wildman–Crippen LogP) is 2.11. The van der Waals surface area contributed by atoms with Gasteiger partial charge in [-0.3, -0.25) is 4.90 Å². The lowest BCUT2D eigenvalue weighted by Crippen LogP contribution is -2.44. The van der Waals surface area contributed by atoms with Gasteiger partial charge in [0.2, 0.25) is 0 Å². The van der Waals surface area contributed by atoms with Crippen molar-refractivity contribution in [2.75, 3.05) is 7.05 Å². The van der Waals surface area contributed by atoms with Crippen LogP contribution in [0, 0.1) is 0 Å². The Morgan fingerprint density at radius 1 is 1.43 bits per heavy atom. The first kappa shape index (κ1) is 8.54. The molecule has 0 radical (unpaired) electrons. The third-order valence-corrected chi connectivity index (χ3v) is 4.42. The predicted molar refractivity (Wildman–Crippen MR) is 57.3 cm³/mol. The Kier molecular flexibility index (Phi) is 1.48. The molecule has 0 saturated carbocycles. The van der Waals surface area contributed by atoms with E-state index in [-0.39, 0.29) is 0 Å². The Hall–Kier alpha value is -0.760. The molecule has 0 aliphatic carbocycles. The number of fused-ring (bicyclic) bond motifs is 4. The van der Waals surface area contributed by atoms with E-state index in [1.807, 2.05) is 0 Å². The standard InChI is InChI=1S/C12H18N2/c1-12-6-4-10(14(12)3)9-5-7-13(2)11(9)8-12/h5,7,10H,4,6,8H2,1-3H3/t10-,12+/m1/s1. The molecule has 1 aromatic heterocycles. The molecule has 2 aliphatic rings. The van der Waals surface area contributed by atoms with Gasteiger partial charge in [-0.15, -0.1) is 0 Å². The Balaban J connectivity index is 2.17. The molecule has 2 nitrogen and oxygen atoms in total. The molecule has 2 heteroatoms.